The number of benzene rings is 1. The fourth-order valence-corrected chi connectivity index (χ4v) is 3.93. The first-order chi connectivity index (χ1) is 11.6. The standard InChI is InChI=1S/C19H30N4O/c1-3-21-9-11-22(12-10-21)19(24)15(2)23-13-17(18(20)14-23)16-7-5-4-6-8-16/h4-8,15,17-18H,3,9-14,20H2,1-2H3/t15?,17-,18+/m0/s1. The van der Waals surface area contributed by atoms with Crippen molar-refractivity contribution in [2.75, 3.05) is 45.8 Å². The Morgan fingerprint density at radius 1 is 1.17 bits per heavy atom. The quantitative estimate of drug-likeness (QED) is 0.894. The van der Waals surface area contributed by atoms with E-state index in [4.69, 9.17) is 5.73 Å². The number of rotatable bonds is 4. The van der Waals surface area contributed by atoms with Crippen molar-refractivity contribution in [2.24, 2.45) is 5.73 Å². The molecule has 0 bridgehead atoms. The molecule has 3 atom stereocenters. The van der Waals surface area contributed by atoms with Gasteiger partial charge in [0.25, 0.3) is 0 Å². The smallest absolute Gasteiger partial charge is 0.239 e. The van der Waals surface area contributed by atoms with Crippen LogP contribution in [0.5, 0.6) is 0 Å². The minimum absolute atomic E-state index is 0.0852. The third-order valence-corrected chi connectivity index (χ3v) is 5.66. The van der Waals surface area contributed by atoms with E-state index in [9.17, 15) is 4.79 Å². The van der Waals surface area contributed by atoms with E-state index < -0.39 is 0 Å². The van der Waals surface area contributed by atoms with Crippen molar-refractivity contribution < 1.29 is 4.79 Å². The number of amides is 1. The van der Waals surface area contributed by atoms with E-state index in [0.717, 1.165) is 45.8 Å². The topological polar surface area (TPSA) is 52.8 Å². The number of hydrogen-bond acceptors (Lipinski definition) is 4. The van der Waals surface area contributed by atoms with Gasteiger partial charge in [0.2, 0.25) is 5.91 Å². The molecule has 1 aromatic carbocycles. The van der Waals surface area contributed by atoms with Crippen LogP contribution >= 0.6 is 0 Å². The Hall–Kier alpha value is -1.43. The summed E-state index contributed by atoms with van der Waals surface area (Å²) in [5.74, 6) is 0.574. The van der Waals surface area contributed by atoms with E-state index in [1.54, 1.807) is 0 Å². The number of likely N-dealkylation sites (N-methyl/N-ethyl adjacent to an activating group) is 1. The molecule has 2 aliphatic rings. The molecule has 2 saturated heterocycles. The minimum Gasteiger partial charge on any atom is -0.339 e. The molecule has 3 rings (SSSR count). The molecule has 2 N–H and O–H groups in total. The second-order valence-electron chi connectivity index (χ2n) is 7.07. The van der Waals surface area contributed by atoms with Crippen molar-refractivity contribution in [1.82, 2.24) is 14.7 Å². The molecule has 0 aliphatic carbocycles. The summed E-state index contributed by atoms with van der Waals surface area (Å²) in [5.41, 5.74) is 7.66. The fourth-order valence-electron chi connectivity index (χ4n) is 3.93. The molecule has 0 radical (unpaired) electrons. The Balaban J connectivity index is 1.59. The predicted octanol–water partition coefficient (Wildman–Crippen LogP) is 0.966. The van der Waals surface area contributed by atoms with E-state index >= 15 is 0 Å². The van der Waals surface area contributed by atoms with E-state index in [1.165, 1.54) is 5.56 Å². The van der Waals surface area contributed by atoms with Gasteiger partial charge >= 0.3 is 0 Å². The zero-order valence-electron chi connectivity index (χ0n) is 14.9. The van der Waals surface area contributed by atoms with Crippen LogP contribution in [0, 0.1) is 0 Å². The number of hydrogen-bond donors (Lipinski definition) is 1. The largest absolute Gasteiger partial charge is 0.339 e. The van der Waals surface area contributed by atoms with E-state index in [-0.39, 0.29) is 18.0 Å². The molecular formula is C19H30N4O. The zero-order valence-corrected chi connectivity index (χ0v) is 14.9. The van der Waals surface area contributed by atoms with Crippen molar-refractivity contribution in [3.05, 3.63) is 35.9 Å². The summed E-state index contributed by atoms with van der Waals surface area (Å²) in [7, 11) is 0. The lowest BCUT2D eigenvalue weighted by atomic mass is 9.95. The molecule has 2 heterocycles. The van der Waals surface area contributed by atoms with Gasteiger partial charge in [-0.05, 0) is 19.0 Å². The van der Waals surface area contributed by atoms with Gasteiger partial charge in [-0.1, -0.05) is 37.3 Å². The van der Waals surface area contributed by atoms with Crippen LogP contribution in [-0.4, -0.2) is 78.5 Å². The van der Waals surface area contributed by atoms with Gasteiger partial charge in [0.15, 0.2) is 0 Å². The maximum atomic E-state index is 12.9. The lowest BCUT2D eigenvalue weighted by molar-refractivity contribution is -0.137. The van der Waals surface area contributed by atoms with Crippen LogP contribution in [0.2, 0.25) is 0 Å². The van der Waals surface area contributed by atoms with Gasteiger partial charge in [0, 0.05) is 51.2 Å². The number of carbonyl (C=O) groups is 1. The molecule has 24 heavy (non-hydrogen) atoms. The molecule has 132 valence electrons. The van der Waals surface area contributed by atoms with Gasteiger partial charge in [0.05, 0.1) is 6.04 Å². The van der Waals surface area contributed by atoms with Crippen LogP contribution in [0.4, 0.5) is 0 Å². The molecule has 1 aromatic rings. The van der Waals surface area contributed by atoms with E-state index in [0.29, 0.717) is 5.92 Å². The van der Waals surface area contributed by atoms with Gasteiger partial charge in [-0.25, -0.2) is 0 Å². The summed E-state index contributed by atoms with van der Waals surface area (Å²) in [4.78, 5) is 19.5. The van der Waals surface area contributed by atoms with E-state index in [2.05, 4.69) is 41.0 Å². The van der Waals surface area contributed by atoms with Gasteiger partial charge in [-0.15, -0.1) is 0 Å². The number of carbonyl (C=O) groups excluding carboxylic acids is 1. The number of nitrogens with zero attached hydrogens (tertiary/aromatic N) is 3. The second-order valence-corrected chi connectivity index (χ2v) is 7.07. The molecule has 2 aliphatic heterocycles. The van der Waals surface area contributed by atoms with Crippen LogP contribution < -0.4 is 5.73 Å². The molecule has 0 aromatic heterocycles. The van der Waals surface area contributed by atoms with Crippen LogP contribution in [-0.2, 0) is 4.79 Å². The van der Waals surface area contributed by atoms with Crippen LogP contribution in [0.3, 0.4) is 0 Å². The van der Waals surface area contributed by atoms with Crippen LogP contribution in [0.1, 0.15) is 25.3 Å². The third kappa shape index (κ3) is 3.63. The second kappa shape index (κ2) is 7.64. The van der Waals surface area contributed by atoms with Gasteiger partial charge in [-0.2, -0.15) is 0 Å². The highest BCUT2D eigenvalue weighted by molar-refractivity contribution is 5.81. The van der Waals surface area contributed by atoms with Crippen molar-refractivity contribution in [1.29, 1.82) is 0 Å². The van der Waals surface area contributed by atoms with Crippen molar-refractivity contribution in [3.63, 3.8) is 0 Å². The Bertz CT molecular complexity index is 542. The summed E-state index contributed by atoms with van der Waals surface area (Å²) < 4.78 is 0. The molecule has 0 saturated carbocycles. The highest BCUT2D eigenvalue weighted by atomic mass is 16.2. The van der Waals surface area contributed by atoms with E-state index in [1.807, 2.05) is 17.9 Å². The molecular weight excluding hydrogens is 300 g/mol. The predicted molar refractivity (Wildman–Crippen MR) is 96.9 cm³/mol. The zero-order chi connectivity index (χ0) is 17.1. The summed E-state index contributed by atoms with van der Waals surface area (Å²) in [6.45, 7) is 10.6. The summed E-state index contributed by atoms with van der Waals surface area (Å²) >= 11 is 0. The SMILES string of the molecule is CCN1CCN(C(=O)C(C)N2C[C@@H](N)[C@H](c3ccccc3)C2)CC1. The summed E-state index contributed by atoms with van der Waals surface area (Å²) in [6.07, 6.45) is 0. The Labute approximate surface area is 145 Å². The number of likely N-dealkylation sites (tertiary alicyclic amines) is 1. The monoisotopic (exact) mass is 330 g/mol. The van der Waals surface area contributed by atoms with Crippen molar-refractivity contribution >= 4 is 5.91 Å². The first-order valence-electron chi connectivity index (χ1n) is 9.16. The molecule has 1 unspecified atom stereocenters. The van der Waals surface area contributed by atoms with Crippen LogP contribution in [0.15, 0.2) is 30.3 Å². The molecule has 5 nitrogen and oxygen atoms in total. The fraction of sp³-hybridized carbons (Fsp3) is 0.632. The first-order valence-corrected chi connectivity index (χ1v) is 9.16. The Kier molecular flexibility index (Phi) is 5.54. The lowest BCUT2D eigenvalue weighted by Crippen LogP contribution is -2.54. The van der Waals surface area contributed by atoms with Gasteiger partial charge < -0.3 is 15.5 Å². The highest BCUT2D eigenvalue weighted by Crippen LogP contribution is 2.28. The normalized spacial score (nSPS) is 27.4. The van der Waals surface area contributed by atoms with Crippen LogP contribution in [0.25, 0.3) is 0 Å². The molecule has 2 fully saturated rings. The summed E-state index contributed by atoms with van der Waals surface area (Å²) in [6, 6.07) is 10.5. The van der Waals surface area contributed by atoms with Crippen molar-refractivity contribution in [2.45, 2.75) is 31.8 Å². The lowest BCUT2D eigenvalue weighted by Gasteiger charge is -2.37. The number of nitrogens with two attached hydrogens (primary N) is 1. The molecule has 0 spiro atoms. The third-order valence-electron chi connectivity index (χ3n) is 5.66. The average Bonchev–Trinajstić information content (AvgIpc) is 3.03. The Morgan fingerprint density at radius 2 is 1.83 bits per heavy atom. The molecule has 5 heteroatoms. The first kappa shape index (κ1) is 17.4. The summed E-state index contributed by atoms with van der Waals surface area (Å²) in [5, 5.41) is 0. The Morgan fingerprint density at radius 3 is 2.46 bits per heavy atom. The molecule has 1 amide bonds. The van der Waals surface area contributed by atoms with Gasteiger partial charge in [-0.3, -0.25) is 9.69 Å². The maximum absolute atomic E-state index is 12.9. The maximum Gasteiger partial charge on any atom is 0.239 e. The van der Waals surface area contributed by atoms with Crippen molar-refractivity contribution in [3.8, 4) is 0 Å². The minimum atomic E-state index is -0.0852. The number of piperazine rings is 1. The van der Waals surface area contributed by atoms with Gasteiger partial charge in [0.1, 0.15) is 0 Å². The highest BCUT2D eigenvalue weighted by Gasteiger charge is 2.37. The average molecular weight is 330 g/mol.